The Labute approximate surface area is 146 Å². The molecule has 4 heteroatoms. The topological polar surface area (TPSA) is 59.4 Å². The standard InChI is InChI=1S/C21H19NO3/c1-2-25-21(24)17-10-6-9-16(14-17)18-11-12-22-19(20(18)23)13-15-7-4-3-5-8-15/h3-12,14,23H,2,13H2,1H3. The van der Waals surface area contributed by atoms with Crippen molar-refractivity contribution < 1.29 is 14.6 Å². The van der Waals surface area contributed by atoms with E-state index in [-0.39, 0.29) is 11.7 Å². The smallest absolute Gasteiger partial charge is 0.338 e. The maximum atomic E-state index is 11.9. The van der Waals surface area contributed by atoms with Gasteiger partial charge in [-0.3, -0.25) is 4.98 Å². The molecule has 1 N–H and O–H groups in total. The van der Waals surface area contributed by atoms with E-state index in [1.807, 2.05) is 36.4 Å². The first-order chi connectivity index (χ1) is 12.2. The van der Waals surface area contributed by atoms with Crippen LogP contribution in [-0.4, -0.2) is 22.7 Å². The fourth-order valence-electron chi connectivity index (χ4n) is 2.68. The predicted molar refractivity (Wildman–Crippen MR) is 96.5 cm³/mol. The van der Waals surface area contributed by atoms with Gasteiger partial charge in [0, 0.05) is 18.2 Å². The van der Waals surface area contributed by atoms with Crippen LogP contribution in [0.1, 0.15) is 28.5 Å². The van der Waals surface area contributed by atoms with Crippen molar-refractivity contribution in [1.82, 2.24) is 4.98 Å². The van der Waals surface area contributed by atoms with Gasteiger partial charge in [0.2, 0.25) is 0 Å². The quantitative estimate of drug-likeness (QED) is 0.710. The summed E-state index contributed by atoms with van der Waals surface area (Å²) in [5.74, 6) is -0.241. The number of aromatic nitrogens is 1. The molecule has 0 spiro atoms. The molecule has 0 aliphatic heterocycles. The van der Waals surface area contributed by atoms with E-state index in [0.29, 0.717) is 29.8 Å². The number of ether oxygens (including phenoxy) is 1. The fourth-order valence-corrected chi connectivity index (χ4v) is 2.68. The Morgan fingerprint density at radius 3 is 2.64 bits per heavy atom. The molecule has 25 heavy (non-hydrogen) atoms. The third-order valence-electron chi connectivity index (χ3n) is 3.90. The van der Waals surface area contributed by atoms with Gasteiger partial charge in [-0.1, -0.05) is 42.5 Å². The summed E-state index contributed by atoms with van der Waals surface area (Å²) in [4.78, 5) is 16.2. The molecular formula is C21H19NO3. The van der Waals surface area contributed by atoms with Crippen LogP contribution < -0.4 is 0 Å². The highest BCUT2D eigenvalue weighted by atomic mass is 16.5. The molecular weight excluding hydrogens is 314 g/mol. The lowest BCUT2D eigenvalue weighted by Crippen LogP contribution is -2.04. The molecule has 0 aliphatic rings. The lowest BCUT2D eigenvalue weighted by Gasteiger charge is -2.10. The zero-order valence-corrected chi connectivity index (χ0v) is 14.0. The monoisotopic (exact) mass is 333 g/mol. The van der Waals surface area contributed by atoms with Crippen molar-refractivity contribution in [2.45, 2.75) is 13.3 Å². The van der Waals surface area contributed by atoms with E-state index < -0.39 is 0 Å². The molecule has 0 saturated carbocycles. The molecule has 1 heterocycles. The van der Waals surface area contributed by atoms with Gasteiger partial charge in [0.15, 0.2) is 0 Å². The summed E-state index contributed by atoms with van der Waals surface area (Å²) >= 11 is 0. The van der Waals surface area contributed by atoms with Crippen molar-refractivity contribution in [3.05, 3.63) is 83.7 Å². The van der Waals surface area contributed by atoms with Crippen LogP contribution >= 0.6 is 0 Å². The average Bonchev–Trinajstić information content (AvgIpc) is 2.65. The van der Waals surface area contributed by atoms with Gasteiger partial charge in [0.25, 0.3) is 0 Å². The summed E-state index contributed by atoms with van der Waals surface area (Å²) in [5, 5.41) is 10.7. The Morgan fingerprint density at radius 2 is 1.88 bits per heavy atom. The third-order valence-corrected chi connectivity index (χ3v) is 3.90. The van der Waals surface area contributed by atoms with E-state index in [0.717, 1.165) is 11.1 Å². The largest absolute Gasteiger partial charge is 0.505 e. The summed E-state index contributed by atoms with van der Waals surface area (Å²) < 4.78 is 5.04. The highest BCUT2D eigenvalue weighted by Crippen LogP contribution is 2.32. The second-order valence-corrected chi connectivity index (χ2v) is 5.62. The molecule has 0 aliphatic carbocycles. The summed E-state index contributed by atoms with van der Waals surface area (Å²) in [6.45, 7) is 2.09. The fraction of sp³-hybridized carbons (Fsp3) is 0.143. The van der Waals surface area contributed by atoms with Crippen molar-refractivity contribution in [2.24, 2.45) is 0 Å². The predicted octanol–water partition coefficient (Wildman–Crippen LogP) is 4.22. The number of benzene rings is 2. The van der Waals surface area contributed by atoms with E-state index in [1.54, 1.807) is 37.4 Å². The first-order valence-corrected chi connectivity index (χ1v) is 8.17. The highest BCUT2D eigenvalue weighted by Gasteiger charge is 2.13. The van der Waals surface area contributed by atoms with Gasteiger partial charge in [0.05, 0.1) is 17.9 Å². The molecule has 0 atom stereocenters. The van der Waals surface area contributed by atoms with Crippen molar-refractivity contribution in [2.75, 3.05) is 6.61 Å². The summed E-state index contributed by atoms with van der Waals surface area (Å²) in [7, 11) is 0. The lowest BCUT2D eigenvalue weighted by atomic mass is 10.00. The zero-order valence-electron chi connectivity index (χ0n) is 14.0. The number of carbonyl (C=O) groups excluding carboxylic acids is 1. The van der Waals surface area contributed by atoms with E-state index >= 15 is 0 Å². The Hall–Kier alpha value is -3.14. The normalized spacial score (nSPS) is 10.4. The Balaban J connectivity index is 1.94. The van der Waals surface area contributed by atoms with E-state index in [4.69, 9.17) is 4.74 Å². The van der Waals surface area contributed by atoms with Crippen molar-refractivity contribution in [1.29, 1.82) is 0 Å². The second-order valence-electron chi connectivity index (χ2n) is 5.62. The SMILES string of the molecule is CCOC(=O)c1cccc(-c2ccnc(Cc3ccccc3)c2O)c1. The van der Waals surface area contributed by atoms with Gasteiger partial charge in [-0.15, -0.1) is 0 Å². The Kier molecular flexibility index (Phi) is 5.09. The van der Waals surface area contributed by atoms with Crippen LogP contribution in [0, 0.1) is 0 Å². The van der Waals surface area contributed by atoms with Gasteiger partial charge in [-0.2, -0.15) is 0 Å². The molecule has 3 rings (SSSR count). The molecule has 0 bridgehead atoms. The first-order valence-electron chi connectivity index (χ1n) is 8.17. The van der Waals surface area contributed by atoms with Crippen LogP contribution in [0.4, 0.5) is 0 Å². The lowest BCUT2D eigenvalue weighted by molar-refractivity contribution is 0.0526. The number of esters is 1. The van der Waals surface area contributed by atoms with Crippen LogP contribution in [0.25, 0.3) is 11.1 Å². The van der Waals surface area contributed by atoms with Crippen LogP contribution in [0.2, 0.25) is 0 Å². The molecule has 3 aromatic rings. The van der Waals surface area contributed by atoms with E-state index in [9.17, 15) is 9.90 Å². The van der Waals surface area contributed by atoms with Crippen molar-refractivity contribution >= 4 is 5.97 Å². The number of nitrogens with zero attached hydrogens (tertiary/aromatic N) is 1. The number of aromatic hydroxyl groups is 1. The third kappa shape index (κ3) is 3.86. The van der Waals surface area contributed by atoms with E-state index in [2.05, 4.69) is 4.98 Å². The molecule has 0 unspecified atom stereocenters. The minimum atomic E-state index is -0.373. The molecule has 0 radical (unpaired) electrons. The van der Waals surface area contributed by atoms with Gasteiger partial charge >= 0.3 is 5.97 Å². The van der Waals surface area contributed by atoms with Crippen molar-refractivity contribution in [3.63, 3.8) is 0 Å². The number of pyridine rings is 1. The van der Waals surface area contributed by atoms with Gasteiger partial charge in [0.1, 0.15) is 5.75 Å². The minimum Gasteiger partial charge on any atom is -0.505 e. The minimum absolute atomic E-state index is 0.132. The number of hydrogen-bond acceptors (Lipinski definition) is 4. The summed E-state index contributed by atoms with van der Waals surface area (Å²) in [5.41, 5.74) is 3.53. The molecule has 2 aromatic carbocycles. The van der Waals surface area contributed by atoms with Crippen LogP contribution in [0.3, 0.4) is 0 Å². The molecule has 0 fully saturated rings. The first kappa shape index (κ1) is 16.7. The second kappa shape index (κ2) is 7.62. The molecule has 0 saturated heterocycles. The van der Waals surface area contributed by atoms with E-state index in [1.165, 1.54) is 0 Å². The number of rotatable bonds is 5. The molecule has 4 nitrogen and oxygen atoms in total. The number of hydrogen-bond donors (Lipinski definition) is 1. The van der Waals surface area contributed by atoms with Crippen LogP contribution in [0.15, 0.2) is 66.9 Å². The van der Waals surface area contributed by atoms with Crippen molar-refractivity contribution in [3.8, 4) is 16.9 Å². The number of carbonyl (C=O) groups is 1. The maximum absolute atomic E-state index is 11.9. The summed E-state index contributed by atoms with van der Waals surface area (Å²) in [6.07, 6.45) is 2.21. The molecule has 126 valence electrons. The van der Waals surface area contributed by atoms with Crippen LogP contribution in [0.5, 0.6) is 5.75 Å². The molecule has 1 aromatic heterocycles. The van der Waals surface area contributed by atoms with Gasteiger partial charge < -0.3 is 9.84 Å². The average molecular weight is 333 g/mol. The zero-order chi connectivity index (χ0) is 17.6. The Bertz CT molecular complexity index is 875. The van der Waals surface area contributed by atoms with Gasteiger partial charge in [-0.25, -0.2) is 4.79 Å². The van der Waals surface area contributed by atoms with Gasteiger partial charge in [-0.05, 0) is 36.2 Å². The van der Waals surface area contributed by atoms with Crippen LogP contribution in [-0.2, 0) is 11.2 Å². The highest BCUT2D eigenvalue weighted by molar-refractivity contribution is 5.91. The molecule has 0 amide bonds. The maximum Gasteiger partial charge on any atom is 0.338 e. The summed E-state index contributed by atoms with van der Waals surface area (Å²) in [6, 6.07) is 18.6. The Morgan fingerprint density at radius 1 is 1.08 bits per heavy atom.